The lowest BCUT2D eigenvalue weighted by atomic mass is 10.1. The molecule has 0 radical (unpaired) electrons. The number of benzene rings is 1. The largest absolute Gasteiger partial charge is 0.390 e. The summed E-state index contributed by atoms with van der Waals surface area (Å²) in [6.45, 7) is 0.709. The molecule has 0 amide bonds. The van der Waals surface area contributed by atoms with Gasteiger partial charge in [-0.15, -0.1) is 0 Å². The van der Waals surface area contributed by atoms with Crippen molar-refractivity contribution in [2.75, 3.05) is 18.5 Å². The third-order valence-corrected chi connectivity index (χ3v) is 3.29. The molecule has 1 N–H and O–H groups in total. The topological polar surface area (TPSA) is 15.3 Å². The van der Waals surface area contributed by atoms with Crippen molar-refractivity contribution in [1.82, 2.24) is 5.32 Å². The average molecular weight is 272 g/mol. The van der Waals surface area contributed by atoms with Gasteiger partial charge in [-0.05, 0) is 24.5 Å². The zero-order valence-corrected chi connectivity index (χ0v) is 11.0. The van der Waals surface area contributed by atoms with E-state index in [0.717, 1.165) is 17.8 Å². The van der Waals surface area contributed by atoms with Crippen LogP contribution in [0.2, 0.25) is 0 Å². The number of hydrogen-bond acceptors (Lipinski definition) is 2. The average Bonchev–Trinajstić information content (AvgIpc) is 3.17. The molecule has 1 aliphatic carbocycles. The number of nitrogens with zero attached hydrogens (tertiary/aromatic N) is 1. The number of rotatable bonds is 6. The molecule has 0 aliphatic heterocycles. The minimum absolute atomic E-state index is 0.00998. The van der Waals surface area contributed by atoms with Crippen LogP contribution in [0.25, 0.3) is 0 Å². The van der Waals surface area contributed by atoms with E-state index in [4.69, 9.17) is 0 Å². The fourth-order valence-corrected chi connectivity index (χ4v) is 1.99. The summed E-state index contributed by atoms with van der Waals surface area (Å²) in [6.07, 6.45) is -2.48. The van der Waals surface area contributed by atoms with Crippen molar-refractivity contribution < 1.29 is 13.2 Å². The lowest BCUT2D eigenvalue weighted by Gasteiger charge is -2.23. The van der Waals surface area contributed by atoms with E-state index >= 15 is 0 Å². The van der Waals surface area contributed by atoms with Crippen LogP contribution in [0.4, 0.5) is 18.9 Å². The van der Waals surface area contributed by atoms with Crippen LogP contribution in [0.5, 0.6) is 0 Å². The number of anilines is 1. The van der Waals surface area contributed by atoms with Gasteiger partial charge in [0, 0.05) is 31.9 Å². The Bertz CT molecular complexity index is 413. The summed E-state index contributed by atoms with van der Waals surface area (Å²) in [5.41, 5.74) is 1.93. The zero-order chi connectivity index (χ0) is 13.9. The summed E-state index contributed by atoms with van der Waals surface area (Å²) in [6, 6.07) is 8.22. The molecule has 2 rings (SSSR count). The van der Waals surface area contributed by atoms with Gasteiger partial charge in [0.2, 0.25) is 0 Å². The first-order chi connectivity index (χ1) is 8.96. The molecular formula is C14H19F3N2. The quantitative estimate of drug-likeness (QED) is 0.854. The Balaban J connectivity index is 1.96. The molecule has 0 spiro atoms. The number of alkyl halides is 3. The predicted molar refractivity (Wildman–Crippen MR) is 70.2 cm³/mol. The molecule has 0 saturated heterocycles. The Morgan fingerprint density at radius 1 is 1.26 bits per heavy atom. The van der Waals surface area contributed by atoms with E-state index in [1.807, 2.05) is 24.3 Å². The lowest BCUT2D eigenvalue weighted by Crippen LogP contribution is -2.26. The van der Waals surface area contributed by atoms with Crippen LogP contribution in [0.15, 0.2) is 24.3 Å². The Kier molecular flexibility index (Phi) is 4.34. The van der Waals surface area contributed by atoms with Crippen LogP contribution < -0.4 is 10.2 Å². The molecule has 1 aromatic rings. The van der Waals surface area contributed by atoms with Crippen molar-refractivity contribution in [1.29, 1.82) is 0 Å². The van der Waals surface area contributed by atoms with Gasteiger partial charge in [0.1, 0.15) is 0 Å². The summed E-state index contributed by atoms with van der Waals surface area (Å²) in [5.74, 6) is 0. The van der Waals surface area contributed by atoms with Crippen LogP contribution in [-0.2, 0) is 6.54 Å². The molecule has 19 heavy (non-hydrogen) atoms. The molecule has 1 aromatic carbocycles. The summed E-state index contributed by atoms with van der Waals surface area (Å²) >= 11 is 0. The highest BCUT2D eigenvalue weighted by atomic mass is 19.4. The van der Waals surface area contributed by atoms with Crippen LogP contribution >= 0.6 is 0 Å². The van der Waals surface area contributed by atoms with Crippen LogP contribution in [0.1, 0.15) is 24.8 Å². The Labute approximate surface area is 111 Å². The molecule has 0 atom stereocenters. The second-order valence-electron chi connectivity index (χ2n) is 5.07. The minimum Gasteiger partial charge on any atom is -0.374 e. The van der Waals surface area contributed by atoms with Crippen molar-refractivity contribution in [2.45, 2.75) is 38.0 Å². The number of nitrogens with one attached hydrogen (secondary N) is 1. The van der Waals surface area contributed by atoms with E-state index in [-0.39, 0.29) is 6.54 Å². The van der Waals surface area contributed by atoms with Crippen molar-refractivity contribution in [2.24, 2.45) is 0 Å². The first-order valence-electron chi connectivity index (χ1n) is 6.55. The van der Waals surface area contributed by atoms with Gasteiger partial charge in [0.25, 0.3) is 0 Å². The van der Waals surface area contributed by atoms with Crippen molar-refractivity contribution in [3.8, 4) is 0 Å². The number of hydrogen-bond donors (Lipinski definition) is 1. The van der Waals surface area contributed by atoms with Gasteiger partial charge < -0.3 is 10.2 Å². The second kappa shape index (κ2) is 5.82. The molecule has 1 aliphatic rings. The van der Waals surface area contributed by atoms with E-state index in [0.29, 0.717) is 6.04 Å². The third-order valence-electron chi connectivity index (χ3n) is 3.29. The van der Waals surface area contributed by atoms with E-state index in [9.17, 15) is 13.2 Å². The van der Waals surface area contributed by atoms with Gasteiger partial charge in [-0.3, -0.25) is 0 Å². The highest BCUT2D eigenvalue weighted by Crippen LogP contribution is 2.25. The highest BCUT2D eigenvalue weighted by molar-refractivity contribution is 5.53. The smallest absolute Gasteiger partial charge is 0.374 e. The first-order valence-corrected chi connectivity index (χ1v) is 6.55. The van der Waals surface area contributed by atoms with Gasteiger partial charge in [-0.2, -0.15) is 13.2 Å². The number of para-hydroxylation sites is 1. The molecule has 0 bridgehead atoms. The van der Waals surface area contributed by atoms with Crippen LogP contribution in [0, 0.1) is 0 Å². The Morgan fingerprint density at radius 2 is 1.95 bits per heavy atom. The Hall–Kier alpha value is -1.23. The normalized spacial score (nSPS) is 15.6. The zero-order valence-electron chi connectivity index (χ0n) is 11.0. The van der Waals surface area contributed by atoms with Gasteiger partial charge in [0.05, 0.1) is 6.42 Å². The fraction of sp³-hybridized carbons (Fsp3) is 0.571. The molecule has 106 valence electrons. The minimum atomic E-state index is -4.10. The van der Waals surface area contributed by atoms with Crippen molar-refractivity contribution in [3.63, 3.8) is 0 Å². The fourth-order valence-electron chi connectivity index (χ4n) is 1.99. The van der Waals surface area contributed by atoms with E-state index in [1.54, 1.807) is 11.9 Å². The summed E-state index contributed by atoms with van der Waals surface area (Å²) in [4.78, 5) is 1.68. The van der Waals surface area contributed by atoms with E-state index < -0.39 is 12.6 Å². The third kappa shape index (κ3) is 4.74. The van der Waals surface area contributed by atoms with Gasteiger partial charge >= 0.3 is 6.18 Å². The monoisotopic (exact) mass is 272 g/mol. The second-order valence-corrected chi connectivity index (χ2v) is 5.07. The molecule has 2 nitrogen and oxygen atoms in total. The maximum absolute atomic E-state index is 12.3. The highest BCUT2D eigenvalue weighted by Gasteiger charge is 2.27. The summed E-state index contributed by atoms with van der Waals surface area (Å²) in [5, 5.41) is 3.39. The van der Waals surface area contributed by atoms with Crippen molar-refractivity contribution >= 4 is 5.69 Å². The van der Waals surface area contributed by atoms with E-state index in [1.165, 1.54) is 12.8 Å². The molecule has 1 fully saturated rings. The van der Waals surface area contributed by atoms with Gasteiger partial charge in [-0.25, -0.2) is 0 Å². The lowest BCUT2D eigenvalue weighted by molar-refractivity contribution is -0.132. The Morgan fingerprint density at radius 3 is 2.58 bits per heavy atom. The predicted octanol–water partition coefficient (Wildman–Crippen LogP) is 3.33. The SMILES string of the molecule is CN(CCC(F)(F)F)c1ccccc1CNC1CC1. The first kappa shape index (κ1) is 14.2. The summed E-state index contributed by atoms with van der Waals surface area (Å²) in [7, 11) is 1.71. The van der Waals surface area contributed by atoms with Gasteiger partial charge in [0.15, 0.2) is 0 Å². The van der Waals surface area contributed by atoms with Crippen LogP contribution in [0.3, 0.4) is 0 Å². The van der Waals surface area contributed by atoms with Gasteiger partial charge in [-0.1, -0.05) is 18.2 Å². The molecule has 0 unspecified atom stereocenters. The van der Waals surface area contributed by atoms with Crippen LogP contribution in [-0.4, -0.2) is 25.8 Å². The molecule has 1 saturated carbocycles. The van der Waals surface area contributed by atoms with Crippen molar-refractivity contribution in [3.05, 3.63) is 29.8 Å². The molecular weight excluding hydrogens is 253 g/mol. The maximum atomic E-state index is 12.3. The maximum Gasteiger partial charge on any atom is 0.390 e. The standard InChI is InChI=1S/C14H19F3N2/c1-19(9-8-14(15,16)17)13-5-3-2-4-11(13)10-18-12-6-7-12/h2-5,12,18H,6-10H2,1H3. The van der Waals surface area contributed by atoms with E-state index in [2.05, 4.69) is 5.32 Å². The summed E-state index contributed by atoms with van der Waals surface area (Å²) < 4.78 is 36.8. The molecule has 5 heteroatoms. The molecule has 0 aromatic heterocycles. The number of halogens is 3. The molecule has 0 heterocycles.